The van der Waals surface area contributed by atoms with Gasteiger partial charge in [-0.1, -0.05) is 12.1 Å². The van der Waals surface area contributed by atoms with E-state index in [0.717, 1.165) is 17.9 Å². The third-order valence-electron chi connectivity index (χ3n) is 2.83. The summed E-state index contributed by atoms with van der Waals surface area (Å²) < 4.78 is 5.12. The van der Waals surface area contributed by atoms with Crippen LogP contribution in [0.5, 0.6) is 5.75 Å². The summed E-state index contributed by atoms with van der Waals surface area (Å²) in [4.78, 5) is 17.6. The number of ether oxygens (including phenoxy) is 1. The summed E-state index contributed by atoms with van der Waals surface area (Å²) >= 11 is 0. The summed E-state index contributed by atoms with van der Waals surface area (Å²) in [6.45, 7) is 3.49. The van der Waals surface area contributed by atoms with Crippen molar-refractivity contribution >= 4 is 35.8 Å². The molecule has 0 bridgehead atoms. The van der Waals surface area contributed by atoms with Crippen LogP contribution in [0.15, 0.2) is 29.3 Å². The van der Waals surface area contributed by atoms with E-state index in [-0.39, 0.29) is 36.4 Å². The van der Waals surface area contributed by atoms with Gasteiger partial charge < -0.3 is 20.3 Å². The molecule has 0 atom stereocenters. The molecule has 0 heterocycles. The highest BCUT2D eigenvalue weighted by Gasteiger charge is 2.05. The van der Waals surface area contributed by atoms with E-state index in [1.165, 1.54) is 0 Å². The van der Waals surface area contributed by atoms with Crippen LogP contribution in [0.3, 0.4) is 0 Å². The van der Waals surface area contributed by atoms with E-state index in [1.54, 1.807) is 26.1 Å². The van der Waals surface area contributed by atoms with Gasteiger partial charge in [0.15, 0.2) is 5.96 Å². The number of amides is 1. The number of hydrogen-bond acceptors (Lipinski definition) is 3. The highest BCUT2D eigenvalue weighted by atomic mass is 127. The maximum Gasteiger partial charge on any atom is 0.241 e. The number of carbonyl (C=O) groups is 1. The second-order valence-corrected chi connectivity index (χ2v) is 4.68. The average molecular weight is 420 g/mol. The van der Waals surface area contributed by atoms with Crippen LogP contribution in [-0.2, 0) is 11.3 Å². The molecule has 1 amide bonds. The molecule has 0 aliphatic heterocycles. The SMILES string of the molecule is CCNC(=NCc1ccc(OC)cc1)NCC(=O)N(C)C.I. The third-order valence-corrected chi connectivity index (χ3v) is 2.83. The number of carbonyl (C=O) groups excluding carboxylic acids is 1. The Morgan fingerprint density at radius 2 is 1.86 bits per heavy atom. The lowest BCUT2D eigenvalue weighted by atomic mass is 10.2. The van der Waals surface area contributed by atoms with Crippen LogP contribution in [-0.4, -0.2) is 51.1 Å². The van der Waals surface area contributed by atoms with E-state index in [2.05, 4.69) is 15.6 Å². The van der Waals surface area contributed by atoms with Crippen LogP contribution in [0.2, 0.25) is 0 Å². The highest BCUT2D eigenvalue weighted by Crippen LogP contribution is 2.11. The third kappa shape index (κ3) is 7.48. The van der Waals surface area contributed by atoms with E-state index < -0.39 is 0 Å². The maximum atomic E-state index is 11.6. The minimum atomic E-state index is 0. The zero-order chi connectivity index (χ0) is 15.7. The zero-order valence-corrected chi connectivity index (χ0v) is 15.9. The summed E-state index contributed by atoms with van der Waals surface area (Å²) in [6, 6.07) is 7.75. The smallest absolute Gasteiger partial charge is 0.241 e. The molecular formula is C15H25IN4O2. The molecule has 124 valence electrons. The lowest BCUT2D eigenvalue weighted by Crippen LogP contribution is -2.42. The zero-order valence-electron chi connectivity index (χ0n) is 13.5. The molecule has 1 aromatic rings. The van der Waals surface area contributed by atoms with Gasteiger partial charge in [0, 0.05) is 20.6 Å². The monoisotopic (exact) mass is 420 g/mol. The second kappa shape index (κ2) is 11.1. The van der Waals surface area contributed by atoms with Gasteiger partial charge in [0.1, 0.15) is 5.75 Å². The van der Waals surface area contributed by atoms with Crippen molar-refractivity contribution in [3.05, 3.63) is 29.8 Å². The fraction of sp³-hybridized carbons (Fsp3) is 0.467. The molecule has 0 radical (unpaired) electrons. The fourth-order valence-corrected chi connectivity index (χ4v) is 1.56. The van der Waals surface area contributed by atoms with Crippen molar-refractivity contribution in [3.63, 3.8) is 0 Å². The first kappa shape index (κ1) is 20.5. The number of methoxy groups -OCH3 is 1. The molecule has 0 aliphatic carbocycles. The van der Waals surface area contributed by atoms with Crippen molar-refractivity contribution < 1.29 is 9.53 Å². The highest BCUT2D eigenvalue weighted by molar-refractivity contribution is 14.0. The van der Waals surface area contributed by atoms with Crippen LogP contribution >= 0.6 is 24.0 Å². The second-order valence-electron chi connectivity index (χ2n) is 4.68. The molecule has 0 saturated carbocycles. The standard InChI is InChI=1S/C15H24N4O2.HI/c1-5-16-15(18-11-14(20)19(2)3)17-10-12-6-8-13(21-4)9-7-12;/h6-9H,5,10-11H2,1-4H3,(H2,16,17,18);1H. The molecule has 1 rings (SSSR count). The average Bonchev–Trinajstić information content (AvgIpc) is 2.50. The van der Waals surface area contributed by atoms with Gasteiger partial charge in [-0.2, -0.15) is 0 Å². The molecule has 0 aliphatic rings. The Balaban J connectivity index is 0.00000441. The van der Waals surface area contributed by atoms with Gasteiger partial charge in [-0.25, -0.2) is 4.99 Å². The molecular weight excluding hydrogens is 395 g/mol. The number of rotatable bonds is 6. The number of aliphatic imine (C=N–C) groups is 1. The number of nitrogens with zero attached hydrogens (tertiary/aromatic N) is 2. The number of guanidine groups is 1. The number of likely N-dealkylation sites (N-methyl/N-ethyl adjacent to an activating group) is 1. The van der Waals surface area contributed by atoms with Gasteiger partial charge >= 0.3 is 0 Å². The lowest BCUT2D eigenvalue weighted by Gasteiger charge is -2.14. The lowest BCUT2D eigenvalue weighted by molar-refractivity contribution is -0.127. The number of hydrogen-bond donors (Lipinski definition) is 2. The molecule has 0 saturated heterocycles. The van der Waals surface area contributed by atoms with Gasteiger partial charge in [0.05, 0.1) is 20.2 Å². The van der Waals surface area contributed by atoms with E-state index in [4.69, 9.17) is 4.74 Å². The maximum absolute atomic E-state index is 11.6. The van der Waals surface area contributed by atoms with Crippen LogP contribution in [0.1, 0.15) is 12.5 Å². The summed E-state index contributed by atoms with van der Waals surface area (Å²) in [5.74, 6) is 1.46. The first-order chi connectivity index (χ1) is 10.1. The van der Waals surface area contributed by atoms with E-state index in [0.29, 0.717) is 12.5 Å². The molecule has 0 fully saturated rings. The molecule has 2 N–H and O–H groups in total. The Kier molecular flexibility index (Phi) is 10.3. The van der Waals surface area contributed by atoms with Crippen LogP contribution in [0.25, 0.3) is 0 Å². The Bertz CT molecular complexity index is 475. The Hall–Kier alpha value is -1.51. The first-order valence-electron chi connectivity index (χ1n) is 6.92. The van der Waals surface area contributed by atoms with Gasteiger partial charge in [0.2, 0.25) is 5.91 Å². The number of nitrogens with one attached hydrogen (secondary N) is 2. The van der Waals surface area contributed by atoms with Crippen molar-refractivity contribution in [2.45, 2.75) is 13.5 Å². The van der Waals surface area contributed by atoms with Gasteiger partial charge in [-0.05, 0) is 24.6 Å². The largest absolute Gasteiger partial charge is 0.497 e. The van der Waals surface area contributed by atoms with Crippen LogP contribution in [0, 0.1) is 0 Å². The molecule has 7 heteroatoms. The van der Waals surface area contributed by atoms with Gasteiger partial charge in [-0.3, -0.25) is 4.79 Å². The normalized spacial score (nSPS) is 10.5. The van der Waals surface area contributed by atoms with Gasteiger partial charge in [-0.15, -0.1) is 24.0 Å². The summed E-state index contributed by atoms with van der Waals surface area (Å²) in [6.07, 6.45) is 0. The summed E-state index contributed by atoms with van der Waals surface area (Å²) in [5, 5.41) is 6.13. The van der Waals surface area contributed by atoms with Crippen molar-refractivity contribution in [1.82, 2.24) is 15.5 Å². The van der Waals surface area contributed by atoms with Crippen molar-refractivity contribution in [2.75, 3.05) is 34.3 Å². The summed E-state index contributed by atoms with van der Waals surface area (Å²) in [5.41, 5.74) is 1.08. The minimum absolute atomic E-state index is 0. The Labute approximate surface area is 149 Å². The molecule has 1 aromatic carbocycles. The topological polar surface area (TPSA) is 66.0 Å². The summed E-state index contributed by atoms with van der Waals surface area (Å²) in [7, 11) is 5.10. The molecule has 0 unspecified atom stereocenters. The predicted molar refractivity (Wildman–Crippen MR) is 99.9 cm³/mol. The minimum Gasteiger partial charge on any atom is -0.497 e. The van der Waals surface area contributed by atoms with Crippen molar-refractivity contribution in [2.24, 2.45) is 4.99 Å². The quantitative estimate of drug-likeness (QED) is 0.416. The van der Waals surface area contributed by atoms with E-state index in [9.17, 15) is 4.79 Å². The van der Waals surface area contributed by atoms with E-state index >= 15 is 0 Å². The number of benzene rings is 1. The number of halogens is 1. The van der Waals surface area contributed by atoms with Crippen molar-refractivity contribution in [3.8, 4) is 5.75 Å². The van der Waals surface area contributed by atoms with E-state index in [1.807, 2.05) is 31.2 Å². The van der Waals surface area contributed by atoms with Crippen LogP contribution < -0.4 is 15.4 Å². The Morgan fingerprint density at radius 1 is 1.23 bits per heavy atom. The molecule has 22 heavy (non-hydrogen) atoms. The first-order valence-corrected chi connectivity index (χ1v) is 6.92. The fourth-order valence-electron chi connectivity index (χ4n) is 1.56. The Morgan fingerprint density at radius 3 is 2.36 bits per heavy atom. The van der Waals surface area contributed by atoms with Gasteiger partial charge in [0.25, 0.3) is 0 Å². The van der Waals surface area contributed by atoms with Crippen LogP contribution in [0.4, 0.5) is 0 Å². The molecule has 0 aromatic heterocycles. The predicted octanol–water partition coefficient (Wildman–Crippen LogP) is 1.46. The van der Waals surface area contributed by atoms with Crippen molar-refractivity contribution in [1.29, 1.82) is 0 Å². The molecule has 0 spiro atoms. The molecule has 6 nitrogen and oxygen atoms in total.